The van der Waals surface area contributed by atoms with Gasteiger partial charge in [-0.25, -0.2) is 9.59 Å². The molecule has 214 valence electrons. The molecule has 4 rings (SSSR count). The molecule has 0 spiro atoms. The second-order valence-electron chi connectivity index (χ2n) is 9.78. The number of nitrogens with one attached hydrogen (secondary N) is 1. The van der Waals surface area contributed by atoms with Crippen LogP contribution >= 0.6 is 0 Å². The molecule has 2 unspecified atom stereocenters. The zero-order valence-electron chi connectivity index (χ0n) is 23.7. The van der Waals surface area contributed by atoms with Crippen LogP contribution in [0.3, 0.4) is 0 Å². The first-order chi connectivity index (χ1) is 20.2. The Bertz CT molecular complexity index is 1570. The van der Waals surface area contributed by atoms with Crippen molar-refractivity contribution < 1.29 is 24.0 Å². The summed E-state index contributed by atoms with van der Waals surface area (Å²) in [7, 11) is 0. The monoisotopic (exact) mass is 564 g/mol. The Morgan fingerprint density at radius 3 is 2.10 bits per heavy atom. The molecule has 1 N–H and O–H groups in total. The van der Waals surface area contributed by atoms with E-state index in [2.05, 4.69) is 5.32 Å². The minimum atomic E-state index is -0.949. The number of esters is 2. The first-order valence-electron chi connectivity index (χ1n) is 13.5. The molecule has 1 heterocycles. The summed E-state index contributed by atoms with van der Waals surface area (Å²) >= 11 is 0. The predicted molar refractivity (Wildman–Crippen MR) is 162 cm³/mol. The lowest BCUT2D eigenvalue weighted by molar-refractivity contribution is -0.384. The first-order valence-corrected chi connectivity index (χ1v) is 13.5. The summed E-state index contributed by atoms with van der Waals surface area (Å²) in [4.78, 5) is 38.2. The Kier molecular flexibility index (Phi) is 9.84. The smallest absolute Gasteiger partial charge is 0.337 e. The van der Waals surface area contributed by atoms with Gasteiger partial charge in [-0.05, 0) is 49.6 Å². The third kappa shape index (κ3) is 7.48. The Hall–Kier alpha value is -5.24. The van der Waals surface area contributed by atoms with Crippen molar-refractivity contribution >= 4 is 29.8 Å². The van der Waals surface area contributed by atoms with E-state index in [1.165, 1.54) is 18.2 Å². The summed E-state index contributed by atoms with van der Waals surface area (Å²) in [5, 5.41) is 14.7. The highest BCUT2D eigenvalue weighted by Gasteiger charge is 2.38. The van der Waals surface area contributed by atoms with Crippen LogP contribution in [0.5, 0.6) is 0 Å². The molecular weight excluding hydrogens is 532 g/mol. The average Bonchev–Trinajstić information content (AvgIpc) is 2.98. The maximum absolute atomic E-state index is 13.7. The van der Waals surface area contributed by atoms with Gasteiger partial charge >= 0.3 is 11.9 Å². The number of benzene rings is 3. The predicted octanol–water partition coefficient (Wildman–Crippen LogP) is 6.73. The van der Waals surface area contributed by atoms with Gasteiger partial charge in [0, 0.05) is 23.5 Å². The van der Waals surface area contributed by atoms with Gasteiger partial charge in [-0.2, -0.15) is 0 Å². The summed E-state index contributed by atoms with van der Waals surface area (Å²) in [6, 6.07) is 25.1. The maximum Gasteiger partial charge on any atom is 0.337 e. The van der Waals surface area contributed by atoms with E-state index >= 15 is 0 Å². The molecule has 3 aromatic carbocycles. The van der Waals surface area contributed by atoms with E-state index in [1.807, 2.05) is 72.8 Å². The summed E-state index contributed by atoms with van der Waals surface area (Å²) in [5.74, 6) is -2.25. The van der Waals surface area contributed by atoms with Crippen molar-refractivity contribution in [2.24, 2.45) is 0 Å². The molecule has 3 aromatic rings. The Morgan fingerprint density at radius 2 is 1.48 bits per heavy atom. The molecule has 0 fully saturated rings. The fraction of sp³-hybridized carbons (Fsp3) is 0.176. The second kappa shape index (κ2) is 13.9. The van der Waals surface area contributed by atoms with Crippen LogP contribution < -0.4 is 5.32 Å². The topological polar surface area (TPSA) is 108 Å². The summed E-state index contributed by atoms with van der Waals surface area (Å²) in [5.41, 5.74) is 3.46. The Morgan fingerprint density at radius 1 is 0.881 bits per heavy atom. The van der Waals surface area contributed by atoms with Gasteiger partial charge in [-0.3, -0.25) is 10.1 Å². The van der Waals surface area contributed by atoms with Crippen molar-refractivity contribution in [3.63, 3.8) is 0 Å². The Labute approximate surface area is 244 Å². The zero-order valence-corrected chi connectivity index (χ0v) is 23.7. The molecular formula is C34H32N2O6. The highest BCUT2D eigenvalue weighted by molar-refractivity contribution is 6.00. The lowest BCUT2D eigenvalue weighted by atomic mass is 9.80. The van der Waals surface area contributed by atoms with Crippen molar-refractivity contribution in [3.8, 4) is 0 Å². The summed E-state index contributed by atoms with van der Waals surface area (Å²) in [6.45, 7) is 5.15. The molecule has 0 aliphatic carbocycles. The van der Waals surface area contributed by atoms with Gasteiger partial charge in [0.05, 0.1) is 22.0 Å². The van der Waals surface area contributed by atoms with Gasteiger partial charge in [0.25, 0.3) is 5.69 Å². The number of nitro groups is 1. The van der Waals surface area contributed by atoms with Crippen LogP contribution in [0.1, 0.15) is 43.4 Å². The minimum Gasteiger partial charge on any atom is -0.458 e. The largest absolute Gasteiger partial charge is 0.458 e. The highest BCUT2D eigenvalue weighted by Crippen LogP contribution is 2.40. The number of carbonyl (C=O) groups excluding carboxylic acids is 2. The van der Waals surface area contributed by atoms with Gasteiger partial charge in [-0.15, -0.1) is 0 Å². The maximum atomic E-state index is 13.7. The molecule has 8 heteroatoms. The number of carbonyl (C=O) groups is 2. The standard InChI is InChI=1S/C34H32N2O6/c1-23(19-20-27-14-8-5-9-15-27)42-34(38)31-25(3)35-24(2)30(32(31)28-17-10-18-29(22-28)36(39)40)33(37)41-21-11-16-26-12-6-4-7-13-26/h4-20,22-23,32,35H,21H2,1-3H3. The molecule has 0 aromatic heterocycles. The van der Waals surface area contributed by atoms with E-state index in [-0.39, 0.29) is 23.4 Å². The van der Waals surface area contributed by atoms with Crippen LogP contribution in [0.2, 0.25) is 0 Å². The van der Waals surface area contributed by atoms with Gasteiger partial charge in [0.2, 0.25) is 0 Å². The van der Waals surface area contributed by atoms with Gasteiger partial charge in [-0.1, -0.05) is 84.9 Å². The molecule has 8 nitrogen and oxygen atoms in total. The molecule has 1 aliphatic rings. The van der Waals surface area contributed by atoms with E-state index in [0.29, 0.717) is 17.0 Å². The third-order valence-electron chi connectivity index (χ3n) is 6.69. The summed E-state index contributed by atoms with van der Waals surface area (Å²) < 4.78 is 11.4. The molecule has 0 saturated carbocycles. The van der Waals surface area contributed by atoms with Crippen LogP contribution in [0, 0.1) is 10.1 Å². The van der Waals surface area contributed by atoms with Crippen LogP contribution in [0.25, 0.3) is 12.2 Å². The number of ether oxygens (including phenoxy) is 2. The van der Waals surface area contributed by atoms with E-state index in [9.17, 15) is 19.7 Å². The fourth-order valence-corrected chi connectivity index (χ4v) is 4.72. The zero-order chi connectivity index (χ0) is 30.1. The SMILES string of the molecule is CC1=C(C(=O)OCC=Cc2ccccc2)C(c2cccc([N+](=O)[O-])c2)C(C(=O)OC(C)C=Cc2ccccc2)=C(C)N1. The number of non-ortho nitro benzene ring substituents is 1. The molecule has 2 atom stereocenters. The van der Waals surface area contributed by atoms with Gasteiger partial charge in [0.1, 0.15) is 12.7 Å². The quantitative estimate of drug-likeness (QED) is 0.165. The fourth-order valence-electron chi connectivity index (χ4n) is 4.72. The van der Waals surface area contributed by atoms with E-state index in [0.717, 1.165) is 11.1 Å². The number of nitro benzene ring substituents is 1. The third-order valence-corrected chi connectivity index (χ3v) is 6.69. The normalized spacial score (nSPS) is 15.9. The Balaban J connectivity index is 1.62. The molecule has 0 bridgehead atoms. The van der Waals surface area contributed by atoms with Crippen LogP contribution in [0.15, 0.2) is 120 Å². The average molecular weight is 565 g/mol. The number of nitrogens with zero attached hydrogens (tertiary/aromatic N) is 1. The van der Waals surface area contributed by atoms with Crippen LogP contribution in [0.4, 0.5) is 5.69 Å². The molecule has 0 radical (unpaired) electrons. The van der Waals surface area contributed by atoms with Gasteiger partial charge < -0.3 is 14.8 Å². The number of hydrogen-bond donors (Lipinski definition) is 1. The van der Waals surface area contributed by atoms with Crippen LogP contribution in [-0.2, 0) is 19.1 Å². The number of rotatable bonds is 10. The second-order valence-corrected chi connectivity index (χ2v) is 9.78. The van der Waals surface area contributed by atoms with Crippen molar-refractivity contribution in [2.75, 3.05) is 6.61 Å². The lowest BCUT2D eigenvalue weighted by Crippen LogP contribution is -2.33. The van der Waals surface area contributed by atoms with Crippen LogP contribution in [-0.4, -0.2) is 29.6 Å². The first kappa shape index (κ1) is 29.7. The number of dihydropyridines is 1. The lowest BCUT2D eigenvalue weighted by Gasteiger charge is -2.30. The molecule has 0 amide bonds. The van der Waals surface area contributed by atoms with Gasteiger partial charge in [0.15, 0.2) is 0 Å². The number of allylic oxidation sites excluding steroid dienone is 2. The van der Waals surface area contributed by atoms with E-state index < -0.39 is 28.9 Å². The van der Waals surface area contributed by atoms with Crippen molar-refractivity contribution in [1.29, 1.82) is 0 Å². The highest BCUT2D eigenvalue weighted by atomic mass is 16.6. The number of hydrogen-bond acceptors (Lipinski definition) is 7. The summed E-state index contributed by atoms with van der Waals surface area (Å²) in [6.07, 6.45) is 6.58. The molecule has 0 saturated heterocycles. The van der Waals surface area contributed by atoms with Crippen molar-refractivity contribution in [3.05, 3.63) is 146 Å². The van der Waals surface area contributed by atoms with E-state index in [1.54, 1.807) is 39.0 Å². The minimum absolute atomic E-state index is 0.00401. The molecule has 1 aliphatic heterocycles. The van der Waals surface area contributed by atoms with Crippen molar-refractivity contribution in [1.82, 2.24) is 5.32 Å². The van der Waals surface area contributed by atoms with Crippen molar-refractivity contribution in [2.45, 2.75) is 32.8 Å². The van der Waals surface area contributed by atoms with E-state index in [4.69, 9.17) is 9.47 Å². The molecule has 42 heavy (non-hydrogen) atoms.